The summed E-state index contributed by atoms with van der Waals surface area (Å²) in [4.78, 5) is 27.2. The van der Waals surface area contributed by atoms with Crippen LogP contribution in [0, 0.1) is 0 Å². The van der Waals surface area contributed by atoms with Crippen LogP contribution in [0.5, 0.6) is 0 Å². The standard InChI is InChI=1S/C21H15Cl3N2O3.ClH/c22-16-6-7-17(18(23)12-16)20(29)21(24,15-4-2-1-3-5-15)13-26(10-8-19(27)28)11-9-25-14-26;/h1-12,14H,13H2;1H/p+1/b10-8+;. The molecule has 30 heavy (non-hydrogen) atoms. The Labute approximate surface area is 194 Å². The number of benzene rings is 2. The number of ketones is 1. The van der Waals surface area contributed by atoms with Crippen LogP contribution in [-0.4, -0.2) is 34.2 Å². The van der Waals surface area contributed by atoms with Gasteiger partial charge in [0.25, 0.3) is 0 Å². The van der Waals surface area contributed by atoms with Crippen LogP contribution >= 0.6 is 47.2 Å². The molecule has 0 saturated heterocycles. The van der Waals surface area contributed by atoms with E-state index in [0.29, 0.717) is 10.6 Å². The highest BCUT2D eigenvalue weighted by atomic mass is 35.5. The third-order valence-corrected chi connectivity index (χ3v) is 5.52. The van der Waals surface area contributed by atoms with Crippen molar-refractivity contribution < 1.29 is 19.2 Å². The molecule has 1 aliphatic rings. The predicted molar refractivity (Wildman–Crippen MR) is 122 cm³/mol. The minimum Gasteiger partial charge on any atom is -0.478 e. The molecule has 0 radical (unpaired) electrons. The van der Waals surface area contributed by atoms with Gasteiger partial charge < -0.3 is 5.11 Å². The van der Waals surface area contributed by atoms with Crippen LogP contribution in [0.4, 0.5) is 0 Å². The topological polar surface area (TPSA) is 66.7 Å². The highest BCUT2D eigenvalue weighted by Crippen LogP contribution is 2.39. The lowest BCUT2D eigenvalue weighted by Crippen LogP contribution is -2.48. The number of alkyl halides is 1. The number of hydrogen-bond acceptors (Lipinski definition) is 3. The number of hydrogen-bond donors (Lipinski definition) is 1. The number of carboxylic acid groups (broad SMARTS) is 1. The maximum absolute atomic E-state index is 13.6. The Kier molecular flexibility index (Phi) is 7.86. The fourth-order valence-corrected chi connectivity index (χ4v) is 3.99. The van der Waals surface area contributed by atoms with Crippen LogP contribution in [0.25, 0.3) is 0 Å². The average Bonchev–Trinajstić information content (AvgIpc) is 3.15. The molecule has 3 rings (SSSR count). The summed E-state index contributed by atoms with van der Waals surface area (Å²) in [6, 6.07) is 13.4. The molecule has 0 amide bonds. The lowest BCUT2D eigenvalue weighted by atomic mass is 9.88. The summed E-state index contributed by atoms with van der Waals surface area (Å²) >= 11 is 19.2. The van der Waals surface area contributed by atoms with Gasteiger partial charge in [-0.1, -0.05) is 65.1 Å². The van der Waals surface area contributed by atoms with Crippen molar-refractivity contribution in [3.63, 3.8) is 0 Å². The van der Waals surface area contributed by atoms with E-state index in [2.05, 4.69) is 4.99 Å². The lowest BCUT2D eigenvalue weighted by Gasteiger charge is -2.33. The van der Waals surface area contributed by atoms with Crippen LogP contribution in [0.1, 0.15) is 15.9 Å². The van der Waals surface area contributed by atoms with Crippen molar-refractivity contribution in [2.75, 3.05) is 6.54 Å². The Balaban J connectivity index is 0.00000320. The number of aliphatic imine (C=N–C) groups is 1. The first kappa shape index (κ1) is 24.1. The number of nitrogens with zero attached hydrogens (tertiary/aromatic N) is 2. The molecule has 0 saturated carbocycles. The molecule has 2 atom stereocenters. The molecule has 0 fully saturated rings. The number of rotatable bonds is 7. The van der Waals surface area contributed by atoms with Crippen molar-refractivity contribution in [2.45, 2.75) is 4.87 Å². The van der Waals surface area contributed by atoms with E-state index < -0.39 is 16.6 Å². The molecule has 2 aromatic rings. The molecule has 5 nitrogen and oxygen atoms in total. The monoisotopic (exact) mass is 485 g/mol. The SMILES string of the molecule is Cl.O=C(O)/C=C/[N+]1(CC(Cl)(C(=O)c2ccc(Cl)cc2Cl)c2ccccc2)C=CN=C1. The second-order valence-electron chi connectivity index (χ2n) is 6.49. The third-order valence-electron chi connectivity index (χ3n) is 4.47. The van der Waals surface area contributed by atoms with Gasteiger partial charge in [0.1, 0.15) is 18.9 Å². The number of Topliss-reactive ketones (excluding diaryl/α,β-unsaturated/α-hetero) is 1. The quantitative estimate of drug-likeness (QED) is 0.237. The molecule has 1 aliphatic heterocycles. The van der Waals surface area contributed by atoms with Crippen molar-refractivity contribution >= 4 is 65.3 Å². The number of halogens is 4. The third kappa shape index (κ3) is 5.12. The molecule has 0 bridgehead atoms. The van der Waals surface area contributed by atoms with Gasteiger partial charge in [0, 0.05) is 10.6 Å². The van der Waals surface area contributed by atoms with E-state index in [1.807, 2.05) is 6.07 Å². The van der Waals surface area contributed by atoms with Gasteiger partial charge >= 0.3 is 5.97 Å². The summed E-state index contributed by atoms with van der Waals surface area (Å²) in [5.74, 6) is -1.55. The summed E-state index contributed by atoms with van der Waals surface area (Å²) in [5, 5.41) is 9.64. The van der Waals surface area contributed by atoms with Crippen LogP contribution in [-0.2, 0) is 9.67 Å². The smallest absolute Gasteiger partial charge is 0.333 e. The first-order valence-electron chi connectivity index (χ1n) is 8.51. The average molecular weight is 487 g/mol. The lowest BCUT2D eigenvalue weighted by molar-refractivity contribution is -0.724. The van der Waals surface area contributed by atoms with Crippen molar-refractivity contribution in [1.29, 1.82) is 0 Å². The Bertz CT molecular complexity index is 1030. The number of carbonyl (C=O) groups excluding carboxylic acids is 1. The molecule has 1 heterocycles. The van der Waals surface area contributed by atoms with Crippen molar-refractivity contribution in [3.8, 4) is 0 Å². The number of aliphatic carboxylic acids is 1. The van der Waals surface area contributed by atoms with Crippen LogP contribution in [0.15, 0.2) is 78.2 Å². The van der Waals surface area contributed by atoms with Gasteiger partial charge in [-0.05, 0) is 23.8 Å². The fourth-order valence-electron chi connectivity index (χ4n) is 3.06. The molecule has 0 spiro atoms. The van der Waals surface area contributed by atoms with Gasteiger partial charge in [-0.2, -0.15) is 0 Å². The van der Waals surface area contributed by atoms with Gasteiger partial charge in [0.2, 0.25) is 0 Å². The highest BCUT2D eigenvalue weighted by molar-refractivity contribution is 6.42. The van der Waals surface area contributed by atoms with E-state index in [1.54, 1.807) is 36.5 Å². The molecule has 2 unspecified atom stereocenters. The van der Waals surface area contributed by atoms with Gasteiger partial charge in [-0.15, -0.1) is 12.4 Å². The van der Waals surface area contributed by atoms with E-state index in [1.165, 1.54) is 30.9 Å². The fraction of sp³-hybridized carbons (Fsp3) is 0.0952. The zero-order valence-electron chi connectivity index (χ0n) is 15.4. The zero-order chi connectivity index (χ0) is 21.1. The molecule has 0 aliphatic carbocycles. The number of carbonyl (C=O) groups is 2. The molecule has 156 valence electrons. The minimum absolute atomic E-state index is 0. The van der Waals surface area contributed by atoms with Crippen molar-refractivity contribution in [3.05, 3.63) is 94.4 Å². The number of quaternary nitrogens is 1. The Morgan fingerprint density at radius 1 is 1.13 bits per heavy atom. The van der Waals surface area contributed by atoms with Crippen LogP contribution < -0.4 is 0 Å². The maximum Gasteiger partial charge on any atom is 0.333 e. The van der Waals surface area contributed by atoms with Crippen molar-refractivity contribution in [2.24, 2.45) is 4.99 Å². The maximum atomic E-state index is 13.6. The molecule has 0 aromatic heterocycles. The van der Waals surface area contributed by atoms with E-state index in [9.17, 15) is 9.59 Å². The first-order valence-corrected chi connectivity index (χ1v) is 9.65. The van der Waals surface area contributed by atoms with Crippen LogP contribution in [0.2, 0.25) is 10.0 Å². The van der Waals surface area contributed by atoms with Crippen LogP contribution in [0.3, 0.4) is 0 Å². The Hall–Kier alpha value is -2.15. The summed E-state index contributed by atoms with van der Waals surface area (Å²) < 4.78 is -0.151. The second kappa shape index (κ2) is 9.77. The Morgan fingerprint density at radius 2 is 1.83 bits per heavy atom. The summed E-state index contributed by atoms with van der Waals surface area (Å²) in [6.07, 6.45) is 7.08. The van der Waals surface area contributed by atoms with Gasteiger partial charge in [0.05, 0.1) is 17.3 Å². The highest BCUT2D eigenvalue weighted by Gasteiger charge is 2.47. The van der Waals surface area contributed by atoms with E-state index >= 15 is 0 Å². The van der Waals surface area contributed by atoms with E-state index in [4.69, 9.17) is 39.9 Å². The van der Waals surface area contributed by atoms with E-state index in [0.717, 1.165) is 6.08 Å². The van der Waals surface area contributed by atoms with Crippen molar-refractivity contribution in [1.82, 2.24) is 0 Å². The molecule has 2 aromatic carbocycles. The molecular weight excluding hydrogens is 470 g/mol. The molecular formula is C21H17Cl4N2O3+. The normalized spacial score (nSPS) is 19.4. The summed E-state index contributed by atoms with van der Waals surface area (Å²) in [7, 11) is 0. The van der Waals surface area contributed by atoms with Gasteiger partial charge in [-0.25, -0.2) is 14.3 Å². The van der Waals surface area contributed by atoms with Gasteiger partial charge in [0.15, 0.2) is 17.0 Å². The first-order chi connectivity index (χ1) is 13.8. The summed E-state index contributed by atoms with van der Waals surface area (Å²) in [5.41, 5.74) is 0.767. The largest absolute Gasteiger partial charge is 0.478 e. The summed E-state index contributed by atoms with van der Waals surface area (Å²) in [6.45, 7) is -0.0138. The zero-order valence-corrected chi connectivity index (χ0v) is 18.5. The minimum atomic E-state index is -1.55. The van der Waals surface area contributed by atoms with Gasteiger partial charge in [-0.3, -0.25) is 4.79 Å². The molecule has 1 N–H and O–H groups in total. The Morgan fingerprint density at radius 3 is 2.40 bits per heavy atom. The second-order valence-corrected chi connectivity index (χ2v) is 7.98. The molecule has 9 heteroatoms. The van der Waals surface area contributed by atoms with E-state index in [-0.39, 0.29) is 34.0 Å². The predicted octanol–water partition coefficient (Wildman–Crippen LogP) is 5.66. The number of carboxylic acids is 1.